The quantitative estimate of drug-likeness (QED) is 0.783. The molecule has 1 aliphatic heterocycles. The fourth-order valence-electron chi connectivity index (χ4n) is 2.81. The molecule has 1 aromatic carbocycles. The predicted molar refractivity (Wildman–Crippen MR) is 92.6 cm³/mol. The summed E-state index contributed by atoms with van der Waals surface area (Å²) in [6.07, 6.45) is 0. The molecule has 6 heteroatoms. The molecule has 0 aliphatic carbocycles. The van der Waals surface area contributed by atoms with Crippen molar-refractivity contribution in [1.29, 1.82) is 0 Å². The van der Waals surface area contributed by atoms with Crippen molar-refractivity contribution in [3.05, 3.63) is 30.1 Å². The molecule has 0 aromatic heterocycles. The number of nitrogens with zero attached hydrogens (tertiary/aromatic N) is 2. The second-order valence-corrected chi connectivity index (χ2v) is 6.39. The highest BCUT2D eigenvalue weighted by Gasteiger charge is 2.17. The number of nitrogens with one attached hydrogen (secondary N) is 1. The van der Waals surface area contributed by atoms with Crippen LogP contribution in [0.3, 0.4) is 0 Å². The molecule has 1 saturated heterocycles. The number of piperazine rings is 1. The first kappa shape index (κ1) is 18.7. The maximum absolute atomic E-state index is 12.8. The highest BCUT2D eigenvalue weighted by Crippen LogP contribution is 2.10. The summed E-state index contributed by atoms with van der Waals surface area (Å²) in [6, 6.07) is 5.66. The van der Waals surface area contributed by atoms with Gasteiger partial charge in [-0.05, 0) is 36.7 Å². The predicted octanol–water partition coefficient (Wildman–Crippen LogP) is 1.59. The molecule has 1 atom stereocenters. The summed E-state index contributed by atoms with van der Waals surface area (Å²) in [5, 5.41) is 2.90. The van der Waals surface area contributed by atoms with Gasteiger partial charge in [0.2, 0.25) is 0 Å². The van der Waals surface area contributed by atoms with E-state index in [0.29, 0.717) is 18.2 Å². The maximum Gasteiger partial charge on any atom is 0.257 e. The van der Waals surface area contributed by atoms with E-state index in [2.05, 4.69) is 29.0 Å². The van der Waals surface area contributed by atoms with Crippen molar-refractivity contribution in [3.8, 4) is 5.75 Å². The molecular weight excluding hydrogens is 309 g/mol. The summed E-state index contributed by atoms with van der Waals surface area (Å²) in [5.41, 5.74) is 0. The van der Waals surface area contributed by atoms with Gasteiger partial charge in [0.15, 0.2) is 6.61 Å². The number of rotatable bonds is 8. The molecule has 5 nitrogen and oxygen atoms in total. The van der Waals surface area contributed by atoms with Crippen molar-refractivity contribution in [2.24, 2.45) is 5.92 Å². The number of carbonyl (C=O) groups is 1. The fourth-order valence-corrected chi connectivity index (χ4v) is 2.81. The number of halogens is 1. The third-order valence-electron chi connectivity index (χ3n) is 4.31. The van der Waals surface area contributed by atoms with Crippen LogP contribution in [-0.2, 0) is 4.79 Å². The van der Waals surface area contributed by atoms with E-state index >= 15 is 0 Å². The standard InChI is InChI=1S/C18H28FN3O2/c1-3-21-8-10-22(11-9-21)13-15(2)12-20-18(23)14-24-17-6-4-16(19)5-7-17/h4-7,15H,3,8-14H2,1-2H3,(H,20,23)/t15-/m1/s1. The molecule has 0 radical (unpaired) electrons. The van der Waals surface area contributed by atoms with E-state index < -0.39 is 0 Å². The maximum atomic E-state index is 12.8. The van der Waals surface area contributed by atoms with Crippen molar-refractivity contribution in [1.82, 2.24) is 15.1 Å². The van der Waals surface area contributed by atoms with Crippen LogP contribution in [0.1, 0.15) is 13.8 Å². The average Bonchev–Trinajstić information content (AvgIpc) is 2.60. The summed E-state index contributed by atoms with van der Waals surface area (Å²) in [4.78, 5) is 16.7. The van der Waals surface area contributed by atoms with Crippen LogP contribution < -0.4 is 10.1 Å². The Morgan fingerprint density at radius 3 is 2.46 bits per heavy atom. The lowest BCUT2D eigenvalue weighted by Crippen LogP contribution is -2.48. The summed E-state index contributed by atoms with van der Waals surface area (Å²) in [6.45, 7) is 11.5. The van der Waals surface area contributed by atoms with Crippen molar-refractivity contribution in [3.63, 3.8) is 0 Å². The molecule has 0 spiro atoms. The van der Waals surface area contributed by atoms with Crippen LogP contribution in [0.4, 0.5) is 4.39 Å². The largest absolute Gasteiger partial charge is 0.484 e. The third-order valence-corrected chi connectivity index (χ3v) is 4.31. The summed E-state index contributed by atoms with van der Waals surface area (Å²) < 4.78 is 18.1. The molecule has 0 saturated carbocycles. The Morgan fingerprint density at radius 2 is 1.83 bits per heavy atom. The lowest BCUT2D eigenvalue weighted by atomic mass is 10.1. The van der Waals surface area contributed by atoms with Gasteiger partial charge in [0.25, 0.3) is 5.91 Å². The zero-order chi connectivity index (χ0) is 17.4. The van der Waals surface area contributed by atoms with Gasteiger partial charge in [0, 0.05) is 39.3 Å². The second-order valence-electron chi connectivity index (χ2n) is 6.39. The highest BCUT2D eigenvalue weighted by molar-refractivity contribution is 5.77. The Kier molecular flexibility index (Phi) is 7.46. The van der Waals surface area contributed by atoms with E-state index in [0.717, 1.165) is 39.3 Å². The highest BCUT2D eigenvalue weighted by atomic mass is 19.1. The Labute approximate surface area is 143 Å². The van der Waals surface area contributed by atoms with Gasteiger partial charge in [0.05, 0.1) is 0 Å². The minimum atomic E-state index is -0.319. The zero-order valence-electron chi connectivity index (χ0n) is 14.6. The van der Waals surface area contributed by atoms with Crippen LogP contribution in [0.2, 0.25) is 0 Å². The van der Waals surface area contributed by atoms with Crippen LogP contribution in [0.5, 0.6) is 5.75 Å². The fraction of sp³-hybridized carbons (Fsp3) is 0.611. The number of hydrogen-bond acceptors (Lipinski definition) is 4. The smallest absolute Gasteiger partial charge is 0.257 e. The van der Waals surface area contributed by atoms with E-state index in [4.69, 9.17) is 4.74 Å². The summed E-state index contributed by atoms with van der Waals surface area (Å²) >= 11 is 0. The third kappa shape index (κ3) is 6.45. The molecule has 1 aliphatic rings. The second kappa shape index (κ2) is 9.59. The Hall–Kier alpha value is -1.66. The SMILES string of the molecule is CCN1CCN(C[C@H](C)CNC(=O)COc2ccc(F)cc2)CC1. The molecule has 134 valence electrons. The first-order valence-electron chi connectivity index (χ1n) is 8.66. The van der Waals surface area contributed by atoms with Gasteiger partial charge in [-0.25, -0.2) is 4.39 Å². The first-order chi connectivity index (χ1) is 11.6. The van der Waals surface area contributed by atoms with Gasteiger partial charge in [-0.1, -0.05) is 13.8 Å². The van der Waals surface area contributed by atoms with E-state index in [9.17, 15) is 9.18 Å². The normalized spacial score (nSPS) is 17.5. The summed E-state index contributed by atoms with van der Waals surface area (Å²) in [7, 11) is 0. The molecule has 1 aromatic rings. The first-order valence-corrected chi connectivity index (χ1v) is 8.66. The molecule has 1 fully saturated rings. The van der Waals surface area contributed by atoms with E-state index in [1.807, 2.05) is 0 Å². The van der Waals surface area contributed by atoms with Gasteiger partial charge < -0.3 is 19.9 Å². The Balaban J connectivity index is 1.60. The lowest BCUT2D eigenvalue weighted by Gasteiger charge is -2.35. The molecule has 0 unspecified atom stereocenters. The van der Waals surface area contributed by atoms with Crippen molar-refractivity contribution < 1.29 is 13.9 Å². The topological polar surface area (TPSA) is 44.8 Å². The lowest BCUT2D eigenvalue weighted by molar-refractivity contribution is -0.123. The van der Waals surface area contributed by atoms with Crippen LogP contribution in [0, 0.1) is 11.7 Å². The van der Waals surface area contributed by atoms with Crippen LogP contribution in [-0.4, -0.2) is 68.1 Å². The van der Waals surface area contributed by atoms with Gasteiger partial charge in [-0.3, -0.25) is 4.79 Å². The van der Waals surface area contributed by atoms with Crippen molar-refractivity contribution >= 4 is 5.91 Å². The number of amides is 1. The number of benzene rings is 1. The van der Waals surface area contributed by atoms with Gasteiger partial charge in [-0.15, -0.1) is 0 Å². The van der Waals surface area contributed by atoms with E-state index in [-0.39, 0.29) is 18.3 Å². The summed E-state index contributed by atoms with van der Waals surface area (Å²) in [5.74, 6) is 0.420. The number of hydrogen-bond donors (Lipinski definition) is 1. The van der Waals surface area contributed by atoms with Crippen LogP contribution in [0.15, 0.2) is 24.3 Å². The van der Waals surface area contributed by atoms with E-state index in [1.165, 1.54) is 24.3 Å². The number of carbonyl (C=O) groups excluding carboxylic acids is 1. The Morgan fingerprint density at radius 1 is 1.21 bits per heavy atom. The van der Waals surface area contributed by atoms with Crippen molar-refractivity contribution in [2.75, 3.05) is 52.4 Å². The minimum absolute atomic E-state index is 0.0481. The van der Waals surface area contributed by atoms with Crippen molar-refractivity contribution in [2.45, 2.75) is 13.8 Å². The number of likely N-dealkylation sites (N-methyl/N-ethyl adjacent to an activating group) is 1. The monoisotopic (exact) mass is 337 g/mol. The molecular formula is C18H28FN3O2. The van der Waals surface area contributed by atoms with Crippen LogP contribution >= 0.6 is 0 Å². The molecule has 1 heterocycles. The molecule has 24 heavy (non-hydrogen) atoms. The Bertz CT molecular complexity index is 501. The van der Waals surface area contributed by atoms with Gasteiger partial charge in [0.1, 0.15) is 11.6 Å². The minimum Gasteiger partial charge on any atom is -0.484 e. The molecule has 0 bridgehead atoms. The molecule has 1 N–H and O–H groups in total. The average molecular weight is 337 g/mol. The van der Waals surface area contributed by atoms with Crippen LogP contribution in [0.25, 0.3) is 0 Å². The molecule has 2 rings (SSSR count). The van der Waals surface area contributed by atoms with Gasteiger partial charge >= 0.3 is 0 Å². The zero-order valence-corrected chi connectivity index (χ0v) is 14.6. The molecule has 1 amide bonds. The van der Waals surface area contributed by atoms with E-state index in [1.54, 1.807) is 0 Å². The number of ether oxygens (including phenoxy) is 1. The van der Waals surface area contributed by atoms with Gasteiger partial charge in [-0.2, -0.15) is 0 Å².